The summed E-state index contributed by atoms with van der Waals surface area (Å²) in [6, 6.07) is 9.28. The van der Waals surface area contributed by atoms with E-state index in [1.807, 2.05) is 13.0 Å². The summed E-state index contributed by atoms with van der Waals surface area (Å²) >= 11 is 0. The molecule has 5 nitrogen and oxygen atoms in total. The smallest absolute Gasteiger partial charge is 0.233 e. The Balaban J connectivity index is 2.18. The maximum absolute atomic E-state index is 12.6. The molecule has 0 bridgehead atoms. The van der Waals surface area contributed by atoms with Gasteiger partial charge in [0.05, 0.1) is 30.4 Å². The van der Waals surface area contributed by atoms with Crippen LogP contribution in [-0.4, -0.2) is 38.8 Å². The topological polar surface area (TPSA) is 65.4 Å². The van der Waals surface area contributed by atoms with E-state index in [1.165, 1.54) is 0 Å². The predicted octanol–water partition coefficient (Wildman–Crippen LogP) is 1.15. The molecule has 0 aliphatic carbocycles. The summed E-state index contributed by atoms with van der Waals surface area (Å²) in [4.78, 5) is 14.2. The Labute approximate surface area is 119 Å². The Morgan fingerprint density at radius 2 is 2.25 bits per heavy atom. The molecule has 2 atom stereocenters. The van der Waals surface area contributed by atoms with Crippen molar-refractivity contribution in [3.05, 3.63) is 29.8 Å². The van der Waals surface area contributed by atoms with Crippen LogP contribution in [0.1, 0.15) is 12.5 Å². The molecular formula is C15H19N3O2. The van der Waals surface area contributed by atoms with Crippen LogP contribution >= 0.6 is 0 Å². The number of likely N-dealkylation sites (N-methyl/N-ethyl adjacent to an activating group) is 1. The monoisotopic (exact) mass is 273 g/mol. The van der Waals surface area contributed by atoms with Crippen molar-refractivity contribution in [2.24, 2.45) is 5.92 Å². The summed E-state index contributed by atoms with van der Waals surface area (Å²) in [5.74, 6) is -0.220. The molecule has 2 unspecified atom stereocenters. The van der Waals surface area contributed by atoms with Gasteiger partial charge in [-0.25, -0.2) is 0 Å². The Kier molecular flexibility index (Phi) is 4.72. The second-order valence-corrected chi connectivity index (χ2v) is 4.83. The van der Waals surface area contributed by atoms with E-state index >= 15 is 0 Å². The van der Waals surface area contributed by atoms with E-state index in [0.717, 1.165) is 6.54 Å². The summed E-state index contributed by atoms with van der Waals surface area (Å²) in [5, 5.41) is 12.4. The molecule has 1 N–H and O–H groups in total. The summed E-state index contributed by atoms with van der Waals surface area (Å²) < 4.78 is 5.41. The van der Waals surface area contributed by atoms with E-state index in [9.17, 15) is 4.79 Å². The molecule has 1 amide bonds. The van der Waals surface area contributed by atoms with Crippen molar-refractivity contribution in [1.29, 1.82) is 5.26 Å². The summed E-state index contributed by atoms with van der Waals surface area (Å²) in [6.07, 6.45) is 0. The molecule has 1 saturated heterocycles. The minimum Gasteiger partial charge on any atom is -0.379 e. The highest BCUT2D eigenvalue weighted by atomic mass is 16.5. The van der Waals surface area contributed by atoms with Gasteiger partial charge in [0.25, 0.3) is 0 Å². The van der Waals surface area contributed by atoms with E-state index in [2.05, 4.69) is 11.4 Å². The molecule has 1 aromatic rings. The average molecular weight is 273 g/mol. The number of nitriles is 1. The summed E-state index contributed by atoms with van der Waals surface area (Å²) in [6.45, 7) is 3.79. The van der Waals surface area contributed by atoms with Crippen LogP contribution in [0.4, 0.5) is 5.69 Å². The molecule has 20 heavy (non-hydrogen) atoms. The van der Waals surface area contributed by atoms with Crippen LogP contribution in [0.15, 0.2) is 24.3 Å². The number of anilines is 1. The highest BCUT2D eigenvalue weighted by Gasteiger charge is 2.35. The van der Waals surface area contributed by atoms with Gasteiger partial charge in [0, 0.05) is 13.1 Å². The van der Waals surface area contributed by atoms with Crippen LogP contribution in [0.5, 0.6) is 0 Å². The van der Waals surface area contributed by atoms with Crippen LogP contribution < -0.4 is 10.2 Å². The fourth-order valence-corrected chi connectivity index (χ4v) is 2.49. The molecule has 0 radical (unpaired) electrons. The van der Waals surface area contributed by atoms with Gasteiger partial charge in [-0.2, -0.15) is 5.26 Å². The van der Waals surface area contributed by atoms with Gasteiger partial charge in [-0.1, -0.05) is 19.1 Å². The molecule has 0 aromatic heterocycles. The normalized spacial score (nSPS) is 21.4. The fraction of sp³-hybridized carbons (Fsp3) is 0.467. The number of nitrogens with one attached hydrogen (secondary N) is 1. The number of rotatable bonds is 4. The Hall–Kier alpha value is -1.90. The third kappa shape index (κ3) is 2.82. The first-order valence-corrected chi connectivity index (χ1v) is 6.76. The number of ether oxygens (including phenoxy) is 1. The number of carbonyl (C=O) groups is 1. The van der Waals surface area contributed by atoms with Gasteiger partial charge in [-0.15, -0.1) is 0 Å². The first-order chi connectivity index (χ1) is 9.69. The van der Waals surface area contributed by atoms with E-state index in [0.29, 0.717) is 24.5 Å². The fourth-order valence-electron chi connectivity index (χ4n) is 2.49. The summed E-state index contributed by atoms with van der Waals surface area (Å²) in [7, 11) is 1.71. The van der Waals surface area contributed by atoms with E-state index < -0.39 is 0 Å². The highest BCUT2D eigenvalue weighted by molar-refractivity contribution is 5.96. The van der Waals surface area contributed by atoms with Crippen LogP contribution in [-0.2, 0) is 9.53 Å². The lowest BCUT2D eigenvalue weighted by Gasteiger charge is -2.25. The molecule has 1 heterocycles. The number of hydrogen-bond acceptors (Lipinski definition) is 4. The summed E-state index contributed by atoms with van der Waals surface area (Å²) in [5.41, 5.74) is 1.14. The van der Waals surface area contributed by atoms with Crippen molar-refractivity contribution in [2.45, 2.75) is 13.0 Å². The number of carbonyl (C=O) groups excluding carboxylic acids is 1. The van der Waals surface area contributed by atoms with E-state index in [-0.39, 0.29) is 17.9 Å². The second kappa shape index (κ2) is 6.51. The van der Waals surface area contributed by atoms with E-state index in [4.69, 9.17) is 10.00 Å². The largest absolute Gasteiger partial charge is 0.379 e. The van der Waals surface area contributed by atoms with Crippen LogP contribution in [0.3, 0.4) is 0 Å². The molecule has 106 valence electrons. The van der Waals surface area contributed by atoms with Gasteiger partial charge in [-0.3, -0.25) is 4.79 Å². The number of amides is 1. The van der Waals surface area contributed by atoms with Crippen LogP contribution in [0, 0.1) is 17.2 Å². The Morgan fingerprint density at radius 1 is 1.50 bits per heavy atom. The lowest BCUT2D eigenvalue weighted by molar-refractivity contribution is -0.122. The SMILES string of the molecule is CCNC1COCC1C(=O)N(C)c1ccccc1C#N. The zero-order chi connectivity index (χ0) is 14.5. The molecule has 1 aliphatic rings. The van der Waals surface area contributed by atoms with Gasteiger partial charge >= 0.3 is 0 Å². The third-order valence-corrected chi connectivity index (χ3v) is 3.58. The lowest BCUT2D eigenvalue weighted by atomic mass is 10.0. The van der Waals surface area contributed by atoms with Gasteiger partial charge in [0.15, 0.2) is 0 Å². The first kappa shape index (κ1) is 14.5. The van der Waals surface area contributed by atoms with Gasteiger partial charge in [0.2, 0.25) is 5.91 Å². The zero-order valence-corrected chi connectivity index (χ0v) is 11.8. The first-order valence-electron chi connectivity index (χ1n) is 6.76. The maximum atomic E-state index is 12.6. The Morgan fingerprint density at radius 3 is 2.95 bits per heavy atom. The number of benzene rings is 1. The minimum atomic E-state index is -0.202. The molecule has 1 aromatic carbocycles. The average Bonchev–Trinajstić information content (AvgIpc) is 2.94. The van der Waals surface area contributed by atoms with Crippen LogP contribution in [0.25, 0.3) is 0 Å². The standard InChI is InChI=1S/C15H19N3O2/c1-3-17-13-10-20-9-12(13)15(19)18(2)14-7-5-4-6-11(14)8-16/h4-7,12-13,17H,3,9-10H2,1-2H3. The van der Waals surface area contributed by atoms with Crippen molar-refractivity contribution in [1.82, 2.24) is 5.32 Å². The van der Waals surface area contributed by atoms with Crippen molar-refractivity contribution in [2.75, 3.05) is 31.7 Å². The lowest BCUT2D eigenvalue weighted by Crippen LogP contribution is -2.44. The van der Waals surface area contributed by atoms with Crippen molar-refractivity contribution in [3.8, 4) is 6.07 Å². The molecule has 0 saturated carbocycles. The second-order valence-electron chi connectivity index (χ2n) is 4.83. The number of hydrogen-bond donors (Lipinski definition) is 1. The molecule has 0 spiro atoms. The zero-order valence-electron chi connectivity index (χ0n) is 11.8. The molecule has 5 heteroatoms. The molecule has 1 fully saturated rings. The molecule has 2 rings (SSSR count). The number of nitrogens with zero attached hydrogens (tertiary/aromatic N) is 2. The minimum absolute atomic E-state index is 0.0175. The van der Waals surface area contributed by atoms with Gasteiger partial charge < -0.3 is 15.0 Å². The number of para-hydroxylation sites is 1. The maximum Gasteiger partial charge on any atom is 0.233 e. The van der Waals surface area contributed by atoms with Crippen molar-refractivity contribution >= 4 is 11.6 Å². The highest BCUT2D eigenvalue weighted by Crippen LogP contribution is 2.23. The van der Waals surface area contributed by atoms with Gasteiger partial charge in [0.1, 0.15) is 6.07 Å². The van der Waals surface area contributed by atoms with Crippen molar-refractivity contribution in [3.63, 3.8) is 0 Å². The third-order valence-electron chi connectivity index (χ3n) is 3.58. The predicted molar refractivity (Wildman–Crippen MR) is 76.3 cm³/mol. The van der Waals surface area contributed by atoms with Crippen molar-refractivity contribution < 1.29 is 9.53 Å². The molecular weight excluding hydrogens is 254 g/mol. The van der Waals surface area contributed by atoms with Crippen LogP contribution in [0.2, 0.25) is 0 Å². The van der Waals surface area contributed by atoms with E-state index in [1.54, 1.807) is 30.1 Å². The Bertz CT molecular complexity index is 524. The quantitative estimate of drug-likeness (QED) is 0.893. The molecule has 1 aliphatic heterocycles. The van der Waals surface area contributed by atoms with Gasteiger partial charge in [-0.05, 0) is 18.7 Å².